The van der Waals surface area contributed by atoms with Crippen molar-refractivity contribution in [3.63, 3.8) is 0 Å². The van der Waals surface area contributed by atoms with E-state index in [9.17, 15) is 18.0 Å². The van der Waals surface area contributed by atoms with Gasteiger partial charge in [-0.1, -0.05) is 41.4 Å². The van der Waals surface area contributed by atoms with Crippen LogP contribution in [0.15, 0.2) is 36.5 Å². The predicted molar refractivity (Wildman–Crippen MR) is 92.9 cm³/mol. The highest BCUT2D eigenvalue weighted by atomic mass is 35.5. The van der Waals surface area contributed by atoms with Gasteiger partial charge in [-0.05, 0) is 25.0 Å². The van der Waals surface area contributed by atoms with Crippen LogP contribution in [-0.2, 0) is 17.5 Å². The van der Waals surface area contributed by atoms with Crippen molar-refractivity contribution in [3.05, 3.63) is 58.2 Å². The van der Waals surface area contributed by atoms with E-state index < -0.39 is 17.8 Å². The second-order valence-corrected chi connectivity index (χ2v) is 6.69. The monoisotopic (exact) mass is 383 g/mol. The van der Waals surface area contributed by atoms with E-state index in [-0.39, 0.29) is 16.7 Å². The highest BCUT2D eigenvalue weighted by molar-refractivity contribution is 6.33. The van der Waals surface area contributed by atoms with Crippen LogP contribution < -0.4 is 5.32 Å². The number of nitrogens with one attached hydrogen (secondary N) is 1. The van der Waals surface area contributed by atoms with E-state index in [1.807, 2.05) is 31.2 Å². The first-order valence-electron chi connectivity index (χ1n) is 8.07. The Morgan fingerprint density at radius 3 is 2.62 bits per heavy atom. The first kappa shape index (κ1) is 18.5. The van der Waals surface area contributed by atoms with Crippen LogP contribution in [0.4, 0.5) is 19.0 Å². The topological polar surface area (TPSA) is 45.2 Å². The van der Waals surface area contributed by atoms with E-state index in [1.165, 1.54) is 0 Å². The standard InChI is InChI=1S/C18H17ClF3N3O/c1-11-2-4-12(5-3-11)10-25-7-6-15(17(25)26)24-16-14(19)8-13(9-23-16)18(20,21)22/h2-5,8-9,15H,6-7,10H2,1H3,(H,23,24). The minimum atomic E-state index is -4.51. The first-order chi connectivity index (χ1) is 12.2. The molecule has 0 aliphatic carbocycles. The molecule has 8 heteroatoms. The number of hydrogen-bond donors (Lipinski definition) is 1. The van der Waals surface area contributed by atoms with Crippen LogP contribution in [0.5, 0.6) is 0 Å². The fourth-order valence-corrected chi connectivity index (χ4v) is 3.03. The number of aryl methyl sites for hydroxylation is 1. The van der Waals surface area contributed by atoms with Crippen molar-refractivity contribution >= 4 is 23.3 Å². The minimum Gasteiger partial charge on any atom is -0.357 e. The largest absolute Gasteiger partial charge is 0.417 e. The van der Waals surface area contributed by atoms with E-state index in [0.29, 0.717) is 25.7 Å². The van der Waals surface area contributed by atoms with Crippen molar-refractivity contribution in [2.24, 2.45) is 0 Å². The highest BCUT2D eigenvalue weighted by Gasteiger charge is 2.34. The molecule has 1 aromatic carbocycles. The van der Waals surface area contributed by atoms with Crippen molar-refractivity contribution in [2.75, 3.05) is 11.9 Å². The first-order valence-corrected chi connectivity index (χ1v) is 8.45. The normalized spacial score (nSPS) is 17.7. The van der Waals surface area contributed by atoms with Gasteiger partial charge in [-0.25, -0.2) is 4.98 Å². The van der Waals surface area contributed by atoms with Gasteiger partial charge in [-0.3, -0.25) is 4.79 Å². The van der Waals surface area contributed by atoms with Gasteiger partial charge >= 0.3 is 6.18 Å². The van der Waals surface area contributed by atoms with Crippen LogP contribution >= 0.6 is 11.6 Å². The zero-order chi connectivity index (χ0) is 18.9. The number of hydrogen-bond acceptors (Lipinski definition) is 3. The third-order valence-corrected chi connectivity index (χ3v) is 4.56. The molecule has 1 aromatic heterocycles. The molecule has 3 rings (SSSR count). The summed E-state index contributed by atoms with van der Waals surface area (Å²) in [4.78, 5) is 18.0. The van der Waals surface area contributed by atoms with E-state index in [0.717, 1.165) is 17.2 Å². The summed E-state index contributed by atoms with van der Waals surface area (Å²) in [6.07, 6.45) is -3.27. The van der Waals surface area contributed by atoms with Gasteiger partial charge in [0, 0.05) is 19.3 Å². The molecular formula is C18H17ClF3N3O. The molecule has 138 valence electrons. The zero-order valence-corrected chi connectivity index (χ0v) is 14.7. The summed E-state index contributed by atoms with van der Waals surface area (Å²) in [5.74, 6) is -0.0430. The molecule has 1 aliphatic rings. The van der Waals surface area contributed by atoms with Gasteiger partial charge in [0.25, 0.3) is 0 Å². The molecule has 1 unspecified atom stereocenters. The Morgan fingerprint density at radius 1 is 1.31 bits per heavy atom. The lowest BCUT2D eigenvalue weighted by Crippen LogP contribution is -2.33. The maximum Gasteiger partial charge on any atom is 0.417 e. The molecule has 1 amide bonds. The third kappa shape index (κ3) is 4.09. The molecule has 2 heterocycles. The average molecular weight is 384 g/mol. The van der Waals surface area contributed by atoms with E-state index in [1.54, 1.807) is 4.90 Å². The van der Waals surface area contributed by atoms with Gasteiger partial charge in [-0.2, -0.15) is 13.2 Å². The summed E-state index contributed by atoms with van der Waals surface area (Å²) in [5, 5.41) is 2.70. The molecule has 26 heavy (non-hydrogen) atoms. The van der Waals surface area contributed by atoms with Gasteiger partial charge in [0.1, 0.15) is 11.9 Å². The van der Waals surface area contributed by atoms with Crippen molar-refractivity contribution < 1.29 is 18.0 Å². The number of carbonyl (C=O) groups is 1. The summed E-state index contributed by atoms with van der Waals surface area (Å²) in [7, 11) is 0. The lowest BCUT2D eigenvalue weighted by atomic mass is 10.1. The fourth-order valence-electron chi connectivity index (χ4n) is 2.81. The maximum atomic E-state index is 12.7. The number of amides is 1. The number of nitrogens with zero attached hydrogens (tertiary/aromatic N) is 2. The molecule has 2 aromatic rings. The van der Waals surface area contributed by atoms with Crippen LogP contribution in [0.1, 0.15) is 23.1 Å². The zero-order valence-electron chi connectivity index (χ0n) is 14.0. The fraction of sp³-hybridized carbons (Fsp3) is 0.333. The Balaban J connectivity index is 1.66. The summed E-state index contributed by atoms with van der Waals surface area (Å²) >= 11 is 5.89. The number of aromatic nitrogens is 1. The number of carbonyl (C=O) groups excluding carboxylic acids is 1. The molecule has 1 N–H and O–H groups in total. The Hall–Kier alpha value is -2.28. The van der Waals surface area contributed by atoms with E-state index >= 15 is 0 Å². The Kier molecular flexibility index (Phi) is 5.09. The molecule has 1 saturated heterocycles. The number of anilines is 1. The van der Waals surface area contributed by atoms with Crippen LogP contribution in [-0.4, -0.2) is 28.4 Å². The van der Waals surface area contributed by atoms with E-state index in [2.05, 4.69) is 10.3 Å². The van der Waals surface area contributed by atoms with Gasteiger partial charge in [0.2, 0.25) is 5.91 Å². The van der Waals surface area contributed by atoms with E-state index in [4.69, 9.17) is 11.6 Å². The molecule has 1 aliphatic heterocycles. The second kappa shape index (κ2) is 7.15. The van der Waals surface area contributed by atoms with Crippen molar-refractivity contribution in [1.29, 1.82) is 0 Å². The number of halogens is 4. The molecule has 4 nitrogen and oxygen atoms in total. The quantitative estimate of drug-likeness (QED) is 0.857. The Bertz CT molecular complexity index is 808. The smallest absolute Gasteiger partial charge is 0.357 e. The van der Waals surface area contributed by atoms with Crippen LogP contribution in [0, 0.1) is 6.92 Å². The van der Waals surface area contributed by atoms with Crippen molar-refractivity contribution in [2.45, 2.75) is 32.1 Å². The molecule has 1 fully saturated rings. The SMILES string of the molecule is Cc1ccc(CN2CCC(Nc3ncc(C(F)(F)F)cc3Cl)C2=O)cc1. The van der Waals surface area contributed by atoms with Crippen LogP contribution in [0.25, 0.3) is 0 Å². The lowest BCUT2D eigenvalue weighted by molar-refractivity contribution is -0.137. The van der Waals surface area contributed by atoms with Gasteiger partial charge in [0.05, 0.1) is 10.6 Å². The van der Waals surface area contributed by atoms with Gasteiger partial charge < -0.3 is 10.2 Å². The Morgan fingerprint density at radius 2 is 2.00 bits per heavy atom. The summed E-state index contributed by atoms with van der Waals surface area (Å²) in [6.45, 7) is 3.04. The molecule has 1 atom stereocenters. The highest BCUT2D eigenvalue weighted by Crippen LogP contribution is 2.33. The summed E-state index contributed by atoms with van der Waals surface area (Å²) in [6, 6.07) is 8.16. The number of benzene rings is 1. The summed E-state index contributed by atoms with van der Waals surface area (Å²) < 4.78 is 38.0. The third-order valence-electron chi connectivity index (χ3n) is 4.27. The number of likely N-dealkylation sites (tertiary alicyclic amines) is 1. The molecule has 0 radical (unpaired) electrons. The van der Waals surface area contributed by atoms with Crippen LogP contribution in [0.2, 0.25) is 5.02 Å². The average Bonchev–Trinajstić information content (AvgIpc) is 2.91. The second-order valence-electron chi connectivity index (χ2n) is 6.28. The molecule has 0 bridgehead atoms. The van der Waals surface area contributed by atoms with Crippen molar-refractivity contribution in [1.82, 2.24) is 9.88 Å². The van der Waals surface area contributed by atoms with Crippen molar-refractivity contribution in [3.8, 4) is 0 Å². The number of alkyl halides is 3. The van der Waals surface area contributed by atoms with Gasteiger partial charge in [0.15, 0.2) is 0 Å². The number of pyridine rings is 1. The predicted octanol–water partition coefficient (Wildman–Crippen LogP) is 4.28. The molecular weight excluding hydrogens is 367 g/mol. The van der Waals surface area contributed by atoms with Gasteiger partial charge in [-0.15, -0.1) is 0 Å². The minimum absolute atomic E-state index is 0.0789. The Labute approximate surface area is 154 Å². The van der Waals surface area contributed by atoms with Crippen LogP contribution in [0.3, 0.4) is 0 Å². The maximum absolute atomic E-state index is 12.7. The summed E-state index contributed by atoms with van der Waals surface area (Å²) in [5.41, 5.74) is 1.24. The molecule has 0 saturated carbocycles. The number of rotatable bonds is 4. The molecule has 0 spiro atoms. The lowest BCUT2D eigenvalue weighted by Gasteiger charge is -2.18.